The summed E-state index contributed by atoms with van der Waals surface area (Å²) in [5.41, 5.74) is 12.3. The van der Waals surface area contributed by atoms with Gasteiger partial charge in [0.1, 0.15) is 12.4 Å². The van der Waals surface area contributed by atoms with Gasteiger partial charge in [0.15, 0.2) is 0 Å². The van der Waals surface area contributed by atoms with E-state index in [0.717, 1.165) is 16.7 Å². The summed E-state index contributed by atoms with van der Waals surface area (Å²) < 4.78 is 13.6. The third-order valence-electron chi connectivity index (χ3n) is 3.19. The number of aryl methyl sites for hydroxylation is 1. The highest BCUT2D eigenvalue weighted by atomic mass is 79.9. The second kappa shape index (κ2) is 10.0. The van der Waals surface area contributed by atoms with E-state index in [-0.39, 0.29) is 5.82 Å². The molecule has 0 saturated carbocycles. The summed E-state index contributed by atoms with van der Waals surface area (Å²) in [6.07, 6.45) is 0. The Morgan fingerprint density at radius 1 is 1.33 bits per heavy atom. The first kappa shape index (κ1) is 20.1. The first-order chi connectivity index (χ1) is 11.4. The molecule has 0 aliphatic heterocycles. The molecule has 2 rings (SSSR count). The van der Waals surface area contributed by atoms with Crippen LogP contribution in [-0.2, 0) is 11.4 Å². The van der Waals surface area contributed by atoms with Crippen molar-refractivity contribution in [3.05, 3.63) is 63.4 Å². The third-order valence-corrected chi connectivity index (χ3v) is 3.80. The SMILES string of the molecule is CC(=NOCc1c(C)cccc1N)c1ccc(F)c(Br)c1.CNN. The van der Waals surface area contributed by atoms with Crippen molar-refractivity contribution in [3.8, 4) is 0 Å². The highest BCUT2D eigenvalue weighted by molar-refractivity contribution is 9.10. The summed E-state index contributed by atoms with van der Waals surface area (Å²) in [7, 11) is 1.65. The molecular weight excluding hydrogens is 375 g/mol. The van der Waals surface area contributed by atoms with Crippen molar-refractivity contribution in [1.29, 1.82) is 0 Å². The molecule has 5 nitrogen and oxygen atoms in total. The van der Waals surface area contributed by atoms with Gasteiger partial charge in [-0.3, -0.25) is 11.3 Å². The lowest BCUT2D eigenvalue weighted by atomic mass is 10.1. The van der Waals surface area contributed by atoms with Gasteiger partial charge in [0.2, 0.25) is 0 Å². The maximum atomic E-state index is 13.2. The van der Waals surface area contributed by atoms with Crippen LogP contribution in [0.1, 0.15) is 23.6 Å². The lowest BCUT2D eigenvalue weighted by Crippen LogP contribution is -2.13. The molecule has 5 N–H and O–H groups in total. The van der Waals surface area contributed by atoms with E-state index < -0.39 is 0 Å². The number of rotatable bonds is 4. The molecule has 0 heterocycles. The van der Waals surface area contributed by atoms with Gasteiger partial charge >= 0.3 is 0 Å². The van der Waals surface area contributed by atoms with Crippen LogP contribution in [0.3, 0.4) is 0 Å². The van der Waals surface area contributed by atoms with Crippen molar-refractivity contribution in [2.45, 2.75) is 20.5 Å². The molecule has 0 spiro atoms. The Kier molecular flexibility index (Phi) is 8.39. The lowest BCUT2D eigenvalue weighted by Gasteiger charge is -2.08. The number of nitrogens with two attached hydrogens (primary N) is 2. The quantitative estimate of drug-likeness (QED) is 0.319. The minimum atomic E-state index is -0.305. The Hall–Kier alpha value is -1.96. The summed E-state index contributed by atoms with van der Waals surface area (Å²) in [5, 5.41) is 4.06. The Balaban J connectivity index is 0.000000891. The number of hydrogen-bond acceptors (Lipinski definition) is 5. The van der Waals surface area contributed by atoms with Crippen LogP contribution < -0.4 is 17.0 Å². The van der Waals surface area contributed by atoms with Crippen molar-refractivity contribution in [1.82, 2.24) is 5.43 Å². The number of oxime groups is 1. The lowest BCUT2D eigenvalue weighted by molar-refractivity contribution is 0.130. The highest BCUT2D eigenvalue weighted by Gasteiger charge is 2.05. The number of nitrogen functional groups attached to an aromatic ring is 1. The van der Waals surface area contributed by atoms with Crippen molar-refractivity contribution in [2.24, 2.45) is 11.0 Å². The van der Waals surface area contributed by atoms with Crippen LogP contribution >= 0.6 is 15.9 Å². The molecule has 2 aromatic rings. The fourth-order valence-corrected chi connectivity index (χ4v) is 2.27. The van der Waals surface area contributed by atoms with Gasteiger partial charge in [0, 0.05) is 16.8 Å². The molecular formula is C17H22BrFN4O. The van der Waals surface area contributed by atoms with Gasteiger partial charge in [-0.05, 0) is 60.6 Å². The predicted molar refractivity (Wildman–Crippen MR) is 99.9 cm³/mol. The van der Waals surface area contributed by atoms with E-state index in [9.17, 15) is 4.39 Å². The van der Waals surface area contributed by atoms with E-state index >= 15 is 0 Å². The summed E-state index contributed by atoms with van der Waals surface area (Å²) in [5.74, 6) is 4.29. The molecule has 0 saturated heterocycles. The van der Waals surface area contributed by atoms with E-state index in [1.54, 1.807) is 26.1 Å². The molecule has 0 unspecified atom stereocenters. The zero-order valence-electron chi connectivity index (χ0n) is 13.9. The Bertz CT molecular complexity index is 687. The summed E-state index contributed by atoms with van der Waals surface area (Å²) in [6.45, 7) is 4.09. The fourth-order valence-electron chi connectivity index (χ4n) is 1.89. The largest absolute Gasteiger partial charge is 0.398 e. The highest BCUT2D eigenvalue weighted by Crippen LogP contribution is 2.19. The Morgan fingerprint density at radius 2 is 2.00 bits per heavy atom. The van der Waals surface area contributed by atoms with Gasteiger partial charge in [0.25, 0.3) is 0 Å². The summed E-state index contributed by atoms with van der Waals surface area (Å²) in [6, 6.07) is 10.4. The summed E-state index contributed by atoms with van der Waals surface area (Å²) >= 11 is 3.15. The molecule has 0 aliphatic rings. The van der Waals surface area contributed by atoms with Crippen LogP contribution in [0.15, 0.2) is 46.0 Å². The minimum Gasteiger partial charge on any atom is -0.398 e. The van der Waals surface area contributed by atoms with Gasteiger partial charge in [-0.25, -0.2) is 4.39 Å². The van der Waals surface area contributed by atoms with Crippen LogP contribution in [0.4, 0.5) is 10.1 Å². The maximum Gasteiger partial charge on any atom is 0.144 e. The molecule has 130 valence electrons. The third kappa shape index (κ3) is 5.92. The molecule has 24 heavy (non-hydrogen) atoms. The van der Waals surface area contributed by atoms with Gasteiger partial charge in [-0.2, -0.15) is 0 Å². The predicted octanol–water partition coefficient (Wildman–Crippen LogP) is 3.50. The van der Waals surface area contributed by atoms with Crippen LogP contribution in [0.25, 0.3) is 0 Å². The standard InChI is InChI=1S/C16H16BrFN2O.CH6N2/c1-10-4-3-5-16(19)13(10)9-21-20-11(2)12-6-7-15(18)14(17)8-12;1-3-2/h3-8H,9,19H2,1-2H3;3H,2H2,1H3. The van der Waals surface area contributed by atoms with Crippen LogP contribution in [0.5, 0.6) is 0 Å². The molecule has 0 aromatic heterocycles. The smallest absolute Gasteiger partial charge is 0.144 e. The maximum absolute atomic E-state index is 13.2. The van der Waals surface area contributed by atoms with Crippen LogP contribution in [0.2, 0.25) is 0 Å². The van der Waals surface area contributed by atoms with E-state index in [4.69, 9.17) is 10.6 Å². The van der Waals surface area contributed by atoms with Crippen molar-refractivity contribution in [3.63, 3.8) is 0 Å². The number of nitrogens with zero attached hydrogens (tertiary/aromatic N) is 1. The van der Waals surface area contributed by atoms with Crippen molar-refractivity contribution >= 4 is 27.3 Å². The van der Waals surface area contributed by atoms with E-state index in [1.807, 2.05) is 25.1 Å². The summed E-state index contributed by atoms with van der Waals surface area (Å²) in [4.78, 5) is 5.37. The molecule has 0 amide bonds. The Labute approximate surface area is 150 Å². The molecule has 0 atom stereocenters. The first-order valence-corrected chi connectivity index (χ1v) is 8.03. The van der Waals surface area contributed by atoms with Crippen LogP contribution in [-0.4, -0.2) is 12.8 Å². The normalized spacial score (nSPS) is 10.8. The number of anilines is 1. The molecule has 7 heteroatoms. The van der Waals surface area contributed by atoms with Gasteiger partial charge in [-0.15, -0.1) is 0 Å². The molecule has 2 aromatic carbocycles. The van der Waals surface area contributed by atoms with E-state index in [2.05, 4.69) is 32.4 Å². The molecule has 0 fully saturated rings. The monoisotopic (exact) mass is 396 g/mol. The minimum absolute atomic E-state index is 0.304. The number of halogens is 2. The van der Waals surface area contributed by atoms with Crippen LogP contribution in [0, 0.1) is 12.7 Å². The second-order valence-corrected chi connectivity index (χ2v) is 5.86. The van der Waals surface area contributed by atoms with Gasteiger partial charge in [-0.1, -0.05) is 23.4 Å². The van der Waals surface area contributed by atoms with E-state index in [0.29, 0.717) is 22.5 Å². The average Bonchev–Trinajstić information content (AvgIpc) is 2.53. The molecule has 0 radical (unpaired) electrons. The molecule has 0 bridgehead atoms. The number of hydrazine groups is 1. The zero-order chi connectivity index (χ0) is 18.1. The van der Waals surface area contributed by atoms with E-state index in [1.165, 1.54) is 6.07 Å². The van der Waals surface area contributed by atoms with Gasteiger partial charge < -0.3 is 10.6 Å². The zero-order valence-corrected chi connectivity index (χ0v) is 15.5. The fraction of sp³-hybridized carbons (Fsp3) is 0.235. The first-order valence-electron chi connectivity index (χ1n) is 7.24. The number of hydrogen-bond donors (Lipinski definition) is 3. The molecule has 0 aliphatic carbocycles. The Morgan fingerprint density at radius 3 is 2.58 bits per heavy atom. The second-order valence-electron chi connectivity index (χ2n) is 5.01. The topological polar surface area (TPSA) is 85.7 Å². The number of benzene rings is 2. The van der Waals surface area contributed by atoms with Gasteiger partial charge in [0.05, 0.1) is 10.2 Å². The average molecular weight is 397 g/mol. The number of nitrogens with one attached hydrogen (secondary N) is 1. The van der Waals surface area contributed by atoms with Crippen molar-refractivity contribution < 1.29 is 9.23 Å². The van der Waals surface area contributed by atoms with Crippen molar-refractivity contribution in [2.75, 3.05) is 12.8 Å².